The molecule has 6 N–H and O–H groups in total. The topological polar surface area (TPSA) is 172 Å². The van der Waals surface area contributed by atoms with Gasteiger partial charge < -0.3 is 31.8 Å². The van der Waals surface area contributed by atoms with Crippen molar-refractivity contribution in [2.45, 2.75) is 64.6 Å². The molecule has 1 unspecified atom stereocenters. The normalized spacial score (nSPS) is 17.5. The van der Waals surface area contributed by atoms with Crippen LogP contribution in [0.25, 0.3) is 0 Å². The number of ether oxygens (including phenoxy) is 1. The van der Waals surface area contributed by atoms with E-state index in [9.17, 15) is 14.4 Å². The Morgan fingerprint density at radius 3 is 2.54 bits per heavy atom. The number of anilines is 2. The van der Waals surface area contributed by atoms with E-state index in [1.165, 1.54) is 17.6 Å². The van der Waals surface area contributed by atoms with Gasteiger partial charge in [-0.2, -0.15) is 0 Å². The maximum Gasteiger partial charge on any atom is 0.334 e. The minimum Gasteiger partial charge on any atom is -0.461 e. The summed E-state index contributed by atoms with van der Waals surface area (Å²) in [6.45, 7) is 7.45. The number of carbonyl (C=O) groups is 3. The van der Waals surface area contributed by atoms with Gasteiger partial charge in [0, 0.05) is 30.4 Å². The maximum atomic E-state index is 13.5. The van der Waals surface area contributed by atoms with Gasteiger partial charge in [-0.15, -0.1) is 11.3 Å². The lowest BCUT2D eigenvalue weighted by molar-refractivity contribution is -0.151. The van der Waals surface area contributed by atoms with Crippen molar-refractivity contribution in [3.63, 3.8) is 0 Å². The van der Waals surface area contributed by atoms with Gasteiger partial charge in [0.2, 0.25) is 5.95 Å². The fourth-order valence-corrected chi connectivity index (χ4v) is 5.33. The number of nitrogen functional groups attached to an aromatic ring is 1. The van der Waals surface area contributed by atoms with Crippen LogP contribution in [0.1, 0.15) is 69.2 Å². The van der Waals surface area contributed by atoms with Crippen molar-refractivity contribution in [3.8, 4) is 0 Å². The van der Waals surface area contributed by atoms with E-state index in [1.807, 2.05) is 12.1 Å². The highest BCUT2D eigenvalue weighted by Gasteiger charge is 2.64. The Bertz CT molecular complexity index is 1430. The van der Waals surface area contributed by atoms with E-state index in [4.69, 9.17) is 15.9 Å². The van der Waals surface area contributed by atoms with Crippen LogP contribution in [0.15, 0.2) is 35.7 Å². The van der Waals surface area contributed by atoms with E-state index in [0.717, 1.165) is 24.0 Å². The largest absolute Gasteiger partial charge is 0.461 e. The van der Waals surface area contributed by atoms with E-state index < -0.39 is 29.6 Å². The molecular formula is C29H35N7O4S. The van der Waals surface area contributed by atoms with E-state index in [2.05, 4.69) is 25.9 Å². The second-order valence-electron chi connectivity index (χ2n) is 10.3. The molecule has 1 fully saturated rings. The van der Waals surface area contributed by atoms with Crippen molar-refractivity contribution >= 4 is 47.0 Å². The van der Waals surface area contributed by atoms with E-state index in [0.29, 0.717) is 34.4 Å². The molecule has 41 heavy (non-hydrogen) atoms. The zero-order valence-corrected chi connectivity index (χ0v) is 24.4. The first-order valence-corrected chi connectivity index (χ1v) is 14.3. The standard InChI is InChI=1S/C29H35N7O4S/c1-16(2)40-27(39)29(14-23(29)35-25(37)22-11-7-13-41-22)36-26(38)24-17(3)33-28(34-18(24)4)32-12-6-9-19-8-5-10-21(31)20(19)15-30/h5,7-8,10-11,13,15-16,23,30H,6,9,12,14,31H2,1-4H3,(H,35,37)(H,36,38)(H,32,33,34)/t23-,29?/m1/s1. The van der Waals surface area contributed by atoms with Gasteiger partial charge in [0.05, 0.1) is 34.0 Å². The molecule has 2 aromatic heterocycles. The third-order valence-corrected chi connectivity index (χ3v) is 7.70. The van der Waals surface area contributed by atoms with Gasteiger partial charge in [0.25, 0.3) is 11.8 Å². The number of benzene rings is 1. The monoisotopic (exact) mass is 577 g/mol. The second kappa shape index (κ2) is 12.5. The minimum absolute atomic E-state index is 0.215. The summed E-state index contributed by atoms with van der Waals surface area (Å²) in [5.41, 5.74) is 8.06. The molecule has 1 saturated carbocycles. The van der Waals surface area contributed by atoms with Gasteiger partial charge in [0.1, 0.15) is 0 Å². The SMILES string of the molecule is Cc1nc(NCCCc2cccc(N)c2C=N)nc(C)c1C(=O)NC1(C(=O)OC(C)C)C[C@H]1NC(=O)c1cccs1. The predicted molar refractivity (Wildman–Crippen MR) is 159 cm³/mol. The molecule has 0 spiro atoms. The zero-order valence-electron chi connectivity index (χ0n) is 23.5. The molecule has 216 valence electrons. The number of hydrogen-bond acceptors (Lipinski definition) is 10. The van der Waals surface area contributed by atoms with E-state index in [-0.39, 0.29) is 17.9 Å². The molecule has 1 aliphatic rings. The molecule has 2 atom stereocenters. The van der Waals surface area contributed by atoms with Crippen LogP contribution in [-0.4, -0.2) is 58.2 Å². The lowest BCUT2D eigenvalue weighted by atomic mass is 10.0. The highest BCUT2D eigenvalue weighted by Crippen LogP contribution is 2.39. The number of aromatic nitrogens is 2. The molecule has 0 saturated heterocycles. The number of rotatable bonds is 12. The third-order valence-electron chi connectivity index (χ3n) is 6.83. The van der Waals surface area contributed by atoms with Crippen LogP contribution >= 0.6 is 11.3 Å². The van der Waals surface area contributed by atoms with Crippen molar-refractivity contribution in [2.24, 2.45) is 0 Å². The highest BCUT2D eigenvalue weighted by molar-refractivity contribution is 7.12. The molecule has 2 amide bonds. The van der Waals surface area contributed by atoms with Crippen LogP contribution in [0.5, 0.6) is 0 Å². The van der Waals surface area contributed by atoms with Gasteiger partial charge >= 0.3 is 5.97 Å². The smallest absolute Gasteiger partial charge is 0.334 e. The van der Waals surface area contributed by atoms with Crippen molar-refractivity contribution in [1.29, 1.82) is 5.41 Å². The molecule has 2 heterocycles. The molecule has 4 rings (SSSR count). The molecule has 0 bridgehead atoms. The lowest BCUT2D eigenvalue weighted by Crippen LogP contribution is -2.51. The molecule has 1 aliphatic carbocycles. The Hall–Kier alpha value is -4.32. The minimum atomic E-state index is -1.37. The molecule has 1 aromatic carbocycles. The number of esters is 1. The number of nitrogens with zero attached hydrogens (tertiary/aromatic N) is 2. The Morgan fingerprint density at radius 2 is 1.90 bits per heavy atom. The summed E-state index contributed by atoms with van der Waals surface area (Å²) in [6.07, 6.45) is 2.57. The van der Waals surface area contributed by atoms with Crippen molar-refractivity contribution in [3.05, 3.63) is 68.7 Å². The molecular weight excluding hydrogens is 542 g/mol. The average Bonchev–Trinajstić information content (AvgIpc) is 3.30. The number of amides is 2. The second-order valence-corrected chi connectivity index (χ2v) is 11.2. The van der Waals surface area contributed by atoms with Gasteiger partial charge in [-0.3, -0.25) is 9.59 Å². The lowest BCUT2D eigenvalue weighted by Gasteiger charge is -2.21. The third kappa shape index (κ3) is 6.71. The van der Waals surface area contributed by atoms with Crippen LogP contribution in [0, 0.1) is 19.3 Å². The van der Waals surface area contributed by atoms with Gasteiger partial charge in [-0.1, -0.05) is 18.2 Å². The first kappa shape index (κ1) is 29.7. The number of aryl methyl sites for hydroxylation is 3. The van der Waals surface area contributed by atoms with Crippen LogP contribution in [0.4, 0.5) is 11.6 Å². The van der Waals surface area contributed by atoms with Crippen LogP contribution in [0.2, 0.25) is 0 Å². The maximum absolute atomic E-state index is 13.5. The summed E-state index contributed by atoms with van der Waals surface area (Å²) in [5.74, 6) is -1.04. The van der Waals surface area contributed by atoms with Crippen molar-refractivity contribution in [1.82, 2.24) is 20.6 Å². The Morgan fingerprint density at radius 1 is 1.17 bits per heavy atom. The Balaban J connectivity index is 1.42. The molecule has 12 heteroatoms. The molecule has 0 radical (unpaired) electrons. The number of nitrogens with one attached hydrogen (secondary N) is 4. The summed E-state index contributed by atoms with van der Waals surface area (Å²) in [7, 11) is 0. The molecule has 11 nitrogen and oxygen atoms in total. The molecule has 3 aromatic rings. The number of nitrogens with two attached hydrogens (primary N) is 1. The number of hydrogen-bond donors (Lipinski definition) is 5. The first-order chi connectivity index (χ1) is 19.6. The van der Waals surface area contributed by atoms with Gasteiger partial charge in [-0.25, -0.2) is 14.8 Å². The first-order valence-electron chi connectivity index (χ1n) is 13.4. The van der Waals surface area contributed by atoms with Crippen LogP contribution < -0.4 is 21.7 Å². The average molecular weight is 578 g/mol. The van der Waals surface area contributed by atoms with Gasteiger partial charge in [-0.05, 0) is 63.6 Å². The van der Waals surface area contributed by atoms with Crippen molar-refractivity contribution in [2.75, 3.05) is 17.6 Å². The summed E-state index contributed by atoms with van der Waals surface area (Å²) >= 11 is 1.29. The van der Waals surface area contributed by atoms with E-state index >= 15 is 0 Å². The zero-order chi connectivity index (χ0) is 29.7. The summed E-state index contributed by atoms with van der Waals surface area (Å²) in [5, 5.41) is 18.3. The Labute approximate surface area is 242 Å². The Kier molecular flexibility index (Phi) is 9.01. The van der Waals surface area contributed by atoms with E-state index in [1.54, 1.807) is 51.3 Å². The fourth-order valence-electron chi connectivity index (χ4n) is 4.70. The predicted octanol–water partition coefficient (Wildman–Crippen LogP) is 3.40. The van der Waals surface area contributed by atoms with Gasteiger partial charge in [0.15, 0.2) is 5.54 Å². The van der Waals surface area contributed by atoms with Crippen LogP contribution in [-0.2, 0) is 16.0 Å². The van der Waals surface area contributed by atoms with Crippen LogP contribution in [0.3, 0.4) is 0 Å². The quantitative estimate of drug-likeness (QED) is 0.0943. The highest BCUT2D eigenvalue weighted by atomic mass is 32.1. The number of thiophene rings is 1. The fraction of sp³-hybridized carbons (Fsp3) is 0.379. The number of carbonyl (C=O) groups excluding carboxylic acids is 3. The summed E-state index contributed by atoms with van der Waals surface area (Å²) in [6, 6.07) is 8.46. The molecule has 0 aliphatic heterocycles. The summed E-state index contributed by atoms with van der Waals surface area (Å²) < 4.78 is 5.44. The summed E-state index contributed by atoms with van der Waals surface area (Å²) in [4.78, 5) is 48.6. The van der Waals surface area contributed by atoms with Crippen molar-refractivity contribution < 1.29 is 19.1 Å².